The molecule has 3 rings (SSSR count). The molecule has 1 unspecified atom stereocenters. The lowest BCUT2D eigenvalue weighted by atomic mass is 9.79. The Balaban J connectivity index is 2.07. The highest BCUT2D eigenvalue weighted by atomic mass is 16.8. The zero-order chi connectivity index (χ0) is 23.5. The minimum absolute atomic E-state index is 0.0783. The van der Waals surface area contributed by atoms with Crippen LogP contribution in [0.1, 0.15) is 39.2 Å². The molecule has 0 aromatic heterocycles. The molecule has 10 heteroatoms. The molecule has 1 aromatic rings. The van der Waals surface area contributed by atoms with E-state index in [4.69, 9.17) is 18.9 Å². The highest BCUT2D eigenvalue weighted by Gasteiger charge is 2.42. The fourth-order valence-corrected chi connectivity index (χ4v) is 3.87. The molecule has 2 heterocycles. The predicted octanol–water partition coefficient (Wildman–Crippen LogP) is 2.70. The van der Waals surface area contributed by atoms with Crippen LogP contribution in [-0.2, 0) is 28.5 Å². The van der Waals surface area contributed by atoms with Gasteiger partial charge in [-0.05, 0) is 27.7 Å². The standard InChI is InChI=1S/C22H26N2O8/c1-5-29-20(25)17-13(2)23-14(3)18(21(26)30-12-22(4)31-10-11-32-22)19(17)15-8-6-7-9-16(15)24(27)28/h6-9,19,23H,5,10-12H2,1-4H3. The van der Waals surface area contributed by atoms with E-state index in [9.17, 15) is 19.7 Å². The van der Waals surface area contributed by atoms with Crippen molar-refractivity contribution in [2.45, 2.75) is 39.4 Å². The number of nitro benzene ring substituents is 1. The van der Waals surface area contributed by atoms with E-state index in [1.807, 2.05) is 0 Å². The first-order chi connectivity index (χ1) is 15.2. The number of hydrogen-bond donors (Lipinski definition) is 1. The fraction of sp³-hybridized carbons (Fsp3) is 0.455. The minimum atomic E-state index is -1.07. The number of ether oxygens (including phenoxy) is 4. The van der Waals surface area contributed by atoms with Crippen LogP contribution in [0, 0.1) is 10.1 Å². The third-order valence-corrected chi connectivity index (χ3v) is 5.28. The molecule has 0 spiro atoms. The number of rotatable bonds is 7. The van der Waals surface area contributed by atoms with Crippen LogP contribution in [0.15, 0.2) is 46.8 Å². The van der Waals surface area contributed by atoms with Gasteiger partial charge in [0.05, 0.1) is 41.8 Å². The van der Waals surface area contributed by atoms with Gasteiger partial charge in [-0.25, -0.2) is 9.59 Å². The topological polar surface area (TPSA) is 126 Å². The molecule has 0 bridgehead atoms. The number of nitrogens with zero attached hydrogens (tertiary/aromatic N) is 1. The summed E-state index contributed by atoms with van der Waals surface area (Å²) in [6.45, 7) is 7.30. The zero-order valence-corrected chi connectivity index (χ0v) is 18.4. The Morgan fingerprint density at radius 3 is 2.25 bits per heavy atom. The SMILES string of the molecule is CCOC(=O)C1=C(C)NC(C)=C(C(=O)OCC2(C)OCCO2)C1c1ccccc1[N+](=O)[O-]. The molecule has 172 valence electrons. The van der Waals surface area contributed by atoms with E-state index in [0.29, 0.717) is 24.6 Å². The lowest BCUT2D eigenvalue weighted by Crippen LogP contribution is -2.36. The van der Waals surface area contributed by atoms with Crippen molar-refractivity contribution in [2.75, 3.05) is 26.4 Å². The fourth-order valence-electron chi connectivity index (χ4n) is 3.87. The van der Waals surface area contributed by atoms with Crippen LogP contribution in [0.5, 0.6) is 0 Å². The molecule has 0 saturated carbocycles. The zero-order valence-electron chi connectivity index (χ0n) is 18.4. The lowest BCUT2D eigenvalue weighted by molar-refractivity contribution is -0.385. The van der Waals surface area contributed by atoms with Crippen molar-refractivity contribution in [1.82, 2.24) is 5.32 Å². The molecule has 1 aromatic carbocycles. The van der Waals surface area contributed by atoms with E-state index in [1.165, 1.54) is 18.2 Å². The first kappa shape index (κ1) is 23.4. The molecule has 1 N–H and O–H groups in total. The van der Waals surface area contributed by atoms with Gasteiger partial charge >= 0.3 is 11.9 Å². The molecular formula is C22H26N2O8. The van der Waals surface area contributed by atoms with Crippen molar-refractivity contribution < 1.29 is 33.5 Å². The maximum atomic E-state index is 13.2. The summed E-state index contributed by atoms with van der Waals surface area (Å²) in [6, 6.07) is 5.98. The van der Waals surface area contributed by atoms with E-state index in [2.05, 4.69) is 5.32 Å². The Kier molecular flexibility index (Phi) is 6.95. The summed E-state index contributed by atoms with van der Waals surface area (Å²) in [5.74, 6) is -3.54. The van der Waals surface area contributed by atoms with Gasteiger partial charge in [-0.3, -0.25) is 10.1 Å². The van der Waals surface area contributed by atoms with Crippen LogP contribution < -0.4 is 5.32 Å². The van der Waals surface area contributed by atoms with Gasteiger partial charge in [0, 0.05) is 23.0 Å². The van der Waals surface area contributed by atoms with Gasteiger partial charge in [0.15, 0.2) is 5.79 Å². The van der Waals surface area contributed by atoms with Crippen LogP contribution >= 0.6 is 0 Å². The second kappa shape index (κ2) is 9.49. The van der Waals surface area contributed by atoms with Gasteiger partial charge in [-0.1, -0.05) is 18.2 Å². The van der Waals surface area contributed by atoms with Gasteiger partial charge in [0.25, 0.3) is 5.69 Å². The maximum Gasteiger partial charge on any atom is 0.336 e. The number of nitrogens with one attached hydrogen (secondary N) is 1. The lowest BCUT2D eigenvalue weighted by Gasteiger charge is -2.31. The molecule has 32 heavy (non-hydrogen) atoms. The Morgan fingerprint density at radius 1 is 1.12 bits per heavy atom. The minimum Gasteiger partial charge on any atom is -0.463 e. The largest absolute Gasteiger partial charge is 0.463 e. The number of nitro groups is 1. The number of hydrogen-bond acceptors (Lipinski definition) is 9. The molecule has 2 aliphatic heterocycles. The van der Waals surface area contributed by atoms with E-state index in [-0.39, 0.29) is 35.6 Å². The Hall–Kier alpha value is -3.24. The summed E-state index contributed by atoms with van der Waals surface area (Å²) in [5, 5.41) is 14.8. The quantitative estimate of drug-likeness (QED) is 0.382. The first-order valence-corrected chi connectivity index (χ1v) is 10.2. The van der Waals surface area contributed by atoms with E-state index >= 15 is 0 Å². The Bertz CT molecular complexity index is 991. The highest BCUT2D eigenvalue weighted by Crippen LogP contribution is 2.42. The summed E-state index contributed by atoms with van der Waals surface area (Å²) in [7, 11) is 0. The van der Waals surface area contributed by atoms with E-state index in [0.717, 1.165) is 0 Å². The third-order valence-electron chi connectivity index (χ3n) is 5.28. The van der Waals surface area contributed by atoms with Gasteiger partial charge in [-0.2, -0.15) is 0 Å². The second-order valence-electron chi connectivity index (χ2n) is 7.58. The summed E-state index contributed by atoms with van der Waals surface area (Å²) in [5.41, 5.74) is 1.01. The third kappa shape index (κ3) is 4.66. The molecule has 0 radical (unpaired) electrons. The second-order valence-corrected chi connectivity index (χ2v) is 7.58. The average molecular weight is 446 g/mol. The molecular weight excluding hydrogens is 420 g/mol. The van der Waals surface area contributed by atoms with Gasteiger partial charge in [0.1, 0.15) is 6.61 Å². The normalized spacial score (nSPS) is 20.1. The van der Waals surface area contributed by atoms with Crippen molar-refractivity contribution in [3.05, 3.63) is 62.5 Å². The monoisotopic (exact) mass is 446 g/mol. The molecule has 1 fully saturated rings. The van der Waals surface area contributed by atoms with Crippen LogP contribution in [-0.4, -0.2) is 49.1 Å². The highest BCUT2D eigenvalue weighted by molar-refractivity contribution is 6.00. The number of para-hydroxylation sites is 1. The maximum absolute atomic E-state index is 13.2. The number of esters is 2. The number of allylic oxidation sites excluding steroid dienone is 2. The number of dihydropyridines is 1. The summed E-state index contributed by atoms with van der Waals surface area (Å²) >= 11 is 0. The Morgan fingerprint density at radius 2 is 1.69 bits per heavy atom. The van der Waals surface area contributed by atoms with Crippen LogP contribution in [0.4, 0.5) is 5.69 Å². The van der Waals surface area contributed by atoms with Gasteiger partial charge in [0.2, 0.25) is 0 Å². The number of benzene rings is 1. The number of carbonyl (C=O) groups excluding carboxylic acids is 2. The first-order valence-electron chi connectivity index (χ1n) is 10.2. The van der Waals surface area contributed by atoms with E-state index < -0.39 is 28.6 Å². The average Bonchev–Trinajstić information content (AvgIpc) is 3.18. The van der Waals surface area contributed by atoms with Crippen molar-refractivity contribution >= 4 is 17.6 Å². The molecule has 0 aliphatic carbocycles. The summed E-state index contributed by atoms with van der Waals surface area (Å²) in [6.07, 6.45) is 0. The number of carbonyl (C=O) groups is 2. The van der Waals surface area contributed by atoms with Gasteiger partial charge in [-0.15, -0.1) is 0 Å². The van der Waals surface area contributed by atoms with Gasteiger partial charge < -0.3 is 24.3 Å². The predicted molar refractivity (Wildman–Crippen MR) is 112 cm³/mol. The molecule has 1 atom stereocenters. The van der Waals surface area contributed by atoms with Crippen molar-refractivity contribution in [3.63, 3.8) is 0 Å². The smallest absolute Gasteiger partial charge is 0.336 e. The molecule has 2 aliphatic rings. The summed E-state index contributed by atoms with van der Waals surface area (Å²) in [4.78, 5) is 37.3. The van der Waals surface area contributed by atoms with Crippen LogP contribution in [0.2, 0.25) is 0 Å². The molecule has 1 saturated heterocycles. The van der Waals surface area contributed by atoms with Crippen molar-refractivity contribution in [3.8, 4) is 0 Å². The summed E-state index contributed by atoms with van der Waals surface area (Å²) < 4.78 is 21.6. The van der Waals surface area contributed by atoms with Crippen molar-refractivity contribution in [1.29, 1.82) is 0 Å². The van der Waals surface area contributed by atoms with E-state index in [1.54, 1.807) is 33.8 Å². The Labute approximate surface area is 185 Å². The molecule has 10 nitrogen and oxygen atoms in total. The van der Waals surface area contributed by atoms with Crippen molar-refractivity contribution in [2.24, 2.45) is 0 Å². The molecule has 0 amide bonds. The van der Waals surface area contributed by atoms with Crippen LogP contribution in [0.3, 0.4) is 0 Å². The van der Waals surface area contributed by atoms with Crippen LogP contribution in [0.25, 0.3) is 0 Å².